The molecule has 1 amide bonds. The van der Waals surface area contributed by atoms with Crippen LogP contribution in [0.1, 0.15) is 24.2 Å². The van der Waals surface area contributed by atoms with Crippen LogP contribution in [-0.2, 0) is 4.79 Å². The van der Waals surface area contributed by atoms with Crippen molar-refractivity contribution in [3.05, 3.63) is 42.2 Å². The number of fused-ring (bicyclic) bond motifs is 1. The molecule has 7 heteroatoms. The average molecular weight is 326 g/mol. The summed E-state index contributed by atoms with van der Waals surface area (Å²) in [7, 11) is 0. The van der Waals surface area contributed by atoms with E-state index >= 15 is 0 Å². The first-order valence-electron chi connectivity index (χ1n) is 7.68. The van der Waals surface area contributed by atoms with Gasteiger partial charge in [0.05, 0.1) is 18.2 Å². The van der Waals surface area contributed by atoms with Crippen molar-refractivity contribution in [2.24, 2.45) is 0 Å². The fraction of sp³-hybridized carbons (Fsp3) is 0.294. The number of anilines is 1. The van der Waals surface area contributed by atoms with Crippen molar-refractivity contribution >= 4 is 22.8 Å². The van der Waals surface area contributed by atoms with Gasteiger partial charge in [-0.25, -0.2) is 9.97 Å². The zero-order valence-corrected chi connectivity index (χ0v) is 13.6. The van der Waals surface area contributed by atoms with E-state index < -0.39 is 0 Å². The summed E-state index contributed by atoms with van der Waals surface area (Å²) >= 11 is 0. The molecule has 0 spiro atoms. The second-order valence-electron chi connectivity index (χ2n) is 5.37. The number of hydrogen-bond donors (Lipinski definition) is 1. The summed E-state index contributed by atoms with van der Waals surface area (Å²) in [5, 5.41) is 3.57. The molecule has 0 radical (unpaired) electrons. The van der Waals surface area contributed by atoms with Crippen LogP contribution >= 0.6 is 0 Å². The number of nitrogens with zero attached hydrogens (tertiary/aromatic N) is 3. The Bertz CT molecular complexity index is 846. The summed E-state index contributed by atoms with van der Waals surface area (Å²) in [6.07, 6.45) is 5.63. The fourth-order valence-electron chi connectivity index (χ4n) is 2.33. The van der Waals surface area contributed by atoms with Gasteiger partial charge in [0.1, 0.15) is 23.7 Å². The molecule has 0 unspecified atom stereocenters. The molecule has 3 heterocycles. The standard InChI is InChI=1S/C17H18N4O3/c1-11-12(2)24-17-15(11)16(19-10-20-17)21-14(22)6-4-8-23-13-5-3-7-18-9-13/h3,5,7,9-10H,4,6,8H2,1-2H3,(H,19,20,21,22). The lowest BCUT2D eigenvalue weighted by atomic mass is 10.2. The maximum Gasteiger partial charge on any atom is 0.231 e. The Kier molecular flexibility index (Phi) is 4.69. The predicted octanol–water partition coefficient (Wildman–Crippen LogP) is 3.03. The minimum absolute atomic E-state index is 0.122. The van der Waals surface area contributed by atoms with E-state index in [4.69, 9.17) is 9.15 Å². The van der Waals surface area contributed by atoms with Crippen molar-refractivity contribution in [2.45, 2.75) is 26.7 Å². The normalized spacial score (nSPS) is 10.8. The van der Waals surface area contributed by atoms with E-state index in [-0.39, 0.29) is 5.91 Å². The Hall–Kier alpha value is -2.96. The Morgan fingerprint density at radius 3 is 3.00 bits per heavy atom. The molecule has 0 atom stereocenters. The zero-order chi connectivity index (χ0) is 16.9. The summed E-state index contributed by atoms with van der Waals surface area (Å²) in [4.78, 5) is 24.3. The summed E-state index contributed by atoms with van der Waals surface area (Å²) in [5.74, 6) is 1.82. The van der Waals surface area contributed by atoms with E-state index in [1.807, 2.05) is 19.9 Å². The molecule has 3 aromatic heterocycles. The quantitative estimate of drug-likeness (QED) is 0.700. The Morgan fingerprint density at radius 1 is 1.33 bits per heavy atom. The first kappa shape index (κ1) is 15.9. The van der Waals surface area contributed by atoms with E-state index in [0.29, 0.717) is 36.7 Å². The highest BCUT2D eigenvalue weighted by atomic mass is 16.5. The number of carbonyl (C=O) groups excluding carboxylic acids is 1. The Balaban J connectivity index is 1.56. The second kappa shape index (κ2) is 7.08. The van der Waals surface area contributed by atoms with Crippen molar-refractivity contribution in [3.8, 4) is 5.75 Å². The molecule has 0 aliphatic rings. The van der Waals surface area contributed by atoms with E-state index in [0.717, 1.165) is 16.7 Å². The molecule has 7 nitrogen and oxygen atoms in total. The third-order valence-electron chi connectivity index (χ3n) is 3.67. The van der Waals surface area contributed by atoms with Gasteiger partial charge in [-0.05, 0) is 32.4 Å². The van der Waals surface area contributed by atoms with Crippen LogP contribution in [0.25, 0.3) is 11.1 Å². The van der Waals surface area contributed by atoms with Gasteiger partial charge in [0.15, 0.2) is 0 Å². The lowest BCUT2D eigenvalue weighted by Gasteiger charge is -2.07. The van der Waals surface area contributed by atoms with Gasteiger partial charge in [-0.15, -0.1) is 0 Å². The van der Waals surface area contributed by atoms with Gasteiger partial charge in [0.25, 0.3) is 0 Å². The van der Waals surface area contributed by atoms with Crippen LogP contribution in [0, 0.1) is 13.8 Å². The van der Waals surface area contributed by atoms with Crippen molar-refractivity contribution in [2.75, 3.05) is 11.9 Å². The smallest absolute Gasteiger partial charge is 0.231 e. The number of aromatic nitrogens is 3. The number of hydrogen-bond acceptors (Lipinski definition) is 6. The van der Waals surface area contributed by atoms with Gasteiger partial charge in [-0.3, -0.25) is 9.78 Å². The van der Waals surface area contributed by atoms with Gasteiger partial charge in [-0.1, -0.05) is 0 Å². The average Bonchev–Trinajstić information content (AvgIpc) is 2.88. The highest BCUT2D eigenvalue weighted by molar-refractivity contribution is 5.99. The molecule has 0 fully saturated rings. The fourth-order valence-corrected chi connectivity index (χ4v) is 2.33. The minimum Gasteiger partial charge on any atom is -0.492 e. The number of nitrogens with one attached hydrogen (secondary N) is 1. The zero-order valence-electron chi connectivity index (χ0n) is 13.6. The maximum absolute atomic E-state index is 12.1. The van der Waals surface area contributed by atoms with Crippen LogP contribution in [0.2, 0.25) is 0 Å². The summed E-state index contributed by atoms with van der Waals surface area (Å²) in [6.45, 7) is 4.22. The number of amides is 1. The lowest BCUT2D eigenvalue weighted by molar-refractivity contribution is -0.116. The monoisotopic (exact) mass is 326 g/mol. The number of rotatable bonds is 6. The molecule has 3 rings (SSSR count). The molecule has 0 bridgehead atoms. The third-order valence-corrected chi connectivity index (χ3v) is 3.67. The van der Waals surface area contributed by atoms with Crippen LogP contribution in [-0.4, -0.2) is 27.5 Å². The lowest BCUT2D eigenvalue weighted by Crippen LogP contribution is -2.14. The number of furan rings is 1. The van der Waals surface area contributed by atoms with Crippen molar-refractivity contribution < 1.29 is 13.9 Å². The van der Waals surface area contributed by atoms with Crippen LogP contribution < -0.4 is 10.1 Å². The van der Waals surface area contributed by atoms with Gasteiger partial charge in [0, 0.05) is 18.2 Å². The summed E-state index contributed by atoms with van der Waals surface area (Å²) in [5.41, 5.74) is 1.41. The molecule has 0 aliphatic heterocycles. The molecular formula is C17H18N4O3. The van der Waals surface area contributed by atoms with E-state index in [1.165, 1.54) is 6.33 Å². The summed E-state index contributed by atoms with van der Waals surface area (Å²) in [6, 6.07) is 3.63. The Labute approximate surface area is 139 Å². The minimum atomic E-state index is -0.122. The van der Waals surface area contributed by atoms with E-state index in [1.54, 1.807) is 18.5 Å². The van der Waals surface area contributed by atoms with Gasteiger partial charge in [-0.2, -0.15) is 0 Å². The van der Waals surface area contributed by atoms with Crippen molar-refractivity contribution in [1.82, 2.24) is 15.0 Å². The van der Waals surface area contributed by atoms with Gasteiger partial charge in [0.2, 0.25) is 11.6 Å². The molecule has 0 aliphatic carbocycles. The molecule has 24 heavy (non-hydrogen) atoms. The number of aryl methyl sites for hydroxylation is 2. The maximum atomic E-state index is 12.1. The molecule has 124 valence electrons. The van der Waals surface area contributed by atoms with E-state index in [9.17, 15) is 4.79 Å². The van der Waals surface area contributed by atoms with Crippen LogP contribution in [0.5, 0.6) is 5.75 Å². The first-order valence-corrected chi connectivity index (χ1v) is 7.68. The molecular weight excluding hydrogens is 308 g/mol. The predicted molar refractivity (Wildman–Crippen MR) is 88.9 cm³/mol. The van der Waals surface area contributed by atoms with Gasteiger partial charge >= 0.3 is 0 Å². The third kappa shape index (κ3) is 3.51. The molecule has 0 saturated carbocycles. The van der Waals surface area contributed by atoms with Crippen molar-refractivity contribution in [1.29, 1.82) is 0 Å². The van der Waals surface area contributed by atoms with Gasteiger partial charge < -0.3 is 14.5 Å². The molecule has 3 aromatic rings. The molecule has 0 aromatic carbocycles. The molecule has 0 saturated heterocycles. The van der Waals surface area contributed by atoms with Crippen LogP contribution in [0.4, 0.5) is 5.82 Å². The second-order valence-corrected chi connectivity index (χ2v) is 5.37. The topological polar surface area (TPSA) is 90.1 Å². The van der Waals surface area contributed by atoms with Crippen LogP contribution in [0.3, 0.4) is 0 Å². The highest BCUT2D eigenvalue weighted by Crippen LogP contribution is 2.28. The van der Waals surface area contributed by atoms with E-state index in [2.05, 4.69) is 20.3 Å². The number of pyridine rings is 1. The highest BCUT2D eigenvalue weighted by Gasteiger charge is 2.15. The van der Waals surface area contributed by atoms with Crippen molar-refractivity contribution in [3.63, 3.8) is 0 Å². The SMILES string of the molecule is Cc1oc2ncnc(NC(=O)CCCOc3cccnc3)c2c1C. The number of carbonyl (C=O) groups is 1. The van der Waals surface area contributed by atoms with Crippen LogP contribution in [0.15, 0.2) is 35.3 Å². The number of ether oxygens (including phenoxy) is 1. The Morgan fingerprint density at radius 2 is 2.21 bits per heavy atom. The summed E-state index contributed by atoms with van der Waals surface area (Å²) < 4.78 is 11.1. The molecule has 1 N–H and O–H groups in total. The largest absolute Gasteiger partial charge is 0.492 e. The first-order chi connectivity index (χ1) is 11.6.